The summed E-state index contributed by atoms with van der Waals surface area (Å²) < 4.78 is 35.8. The van der Waals surface area contributed by atoms with Gasteiger partial charge in [-0.3, -0.25) is 8.75 Å². The molecular formula is C16H19N3O7S. The molecule has 0 aliphatic carbocycles. The molecule has 1 aromatic carbocycles. The lowest BCUT2D eigenvalue weighted by molar-refractivity contribution is -0.0508. The van der Waals surface area contributed by atoms with Gasteiger partial charge in [-0.15, -0.1) is 0 Å². The number of nitrogens with zero attached hydrogens (tertiary/aromatic N) is 2. The summed E-state index contributed by atoms with van der Waals surface area (Å²) >= 11 is 0. The third kappa shape index (κ3) is 4.01. The smallest absolute Gasteiger partial charge is 0.351 e. The Morgan fingerprint density at radius 2 is 1.89 bits per heavy atom. The Bertz CT molecular complexity index is 974. The molecule has 1 aliphatic heterocycles. The molecule has 146 valence electrons. The number of aryl methyl sites for hydroxylation is 1. The molecule has 0 bridgehead atoms. The Kier molecular flexibility index (Phi) is 5.31. The fourth-order valence-corrected chi connectivity index (χ4v) is 3.56. The highest BCUT2D eigenvalue weighted by Gasteiger charge is 2.44. The minimum Gasteiger partial charge on any atom is -0.387 e. The van der Waals surface area contributed by atoms with E-state index in [4.69, 9.17) is 14.7 Å². The quantitative estimate of drug-likeness (QED) is 0.548. The number of ether oxygens (including phenoxy) is 1. The second-order valence-electron chi connectivity index (χ2n) is 6.14. The van der Waals surface area contributed by atoms with Crippen LogP contribution in [0.1, 0.15) is 11.8 Å². The second kappa shape index (κ2) is 7.37. The van der Waals surface area contributed by atoms with E-state index in [2.05, 4.69) is 4.98 Å². The summed E-state index contributed by atoms with van der Waals surface area (Å²) in [6.45, 7) is 1.28. The largest absolute Gasteiger partial charge is 0.387 e. The van der Waals surface area contributed by atoms with Crippen molar-refractivity contribution in [2.75, 3.05) is 12.3 Å². The van der Waals surface area contributed by atoms with E-state index >= 15 is 0 Å². The van der Waals surface area contributed by atoms with Crippen molar-refractivity contribution in [3.63, 3.8) is 0 Å². The molecular weight excluding hydrogens is 378 g/mol. The van der Waals surface area contributed by atoms with Crippen molar-refractivity contribution in [2.24, 2.45) is 0 Å². The van der Waals surface area contributed by atoms with Crippen LogP contribution in [0.5, 0.6) is 0 Å². The maximum absolute atomic E-state index is 12.2. The van der Waals surface area contributed by atoms with Gasteiger partial charge in [-0.05, 0) is 25.1 Å². The van der Waals surface area contributed by atoms with Gasteiger partial charge in [0.25, 0.3) is 10.1 Å². The molecule has 4 N–H and O–H groups in total. The number of rotatable bonds is 5. The Hall–Kier alpha value is -2.31. The summed E-state index contributed by atoms with van der Waals surface area (Å²) in [7, 11) is -4.07. The van der Waals surface area contributed by atoms with Gasteiger partial charge in [-0.2, -0.15) is 13.4 Å². The molecule has 3 rings (SSSR count). The van der Waals surface area contributed by atoms with Crippen molar-refractivity contribution >= 4 is 15.9 Å². The molecule has 10 nitrogen and oxygen atoms in total. The summed E-state index contributed by atoms with van der Waals surface area (Å²) in [5.41, 5.74) is 5.52. The van der Waals surface area contributed by atoms with E-state index in [9.17, 15) is 23.4 Å². The zero-order valence-corrected chi connectivity index (χ0v) is 15.1. The Morgan fingerprint density at radius 1 is 1.22 bits per heavy atom. The van der Waals surface area contributed by atoms with E-state index < -0.39 is 47.0 Å². The van der Waals surface area contributed by atoms with Crippen LogP contribution in [-0.2, 0) is 19.0 Å². The average Bonchev–Trinajstić information content (AvgIpc) is 2.89. The molecule has 2 heterocycles. The highest BCUT2D eigenvalue weighted by Crippen LogP contribution is 2.29. The third-order valence-electron chi connectivity index (χ3n) is 4.16. The number of nitrogen functional groups attached to an aromatic ring is 1. The van der Waals surface area contributed by atoms with Crippen molar-refractivity contribution in [3.05, 3.63) is 52.6 Å². The lowest BCUT2D eigenvalue weighted by Crippen LogP contribution is -2.36. The zero-order valence-electron chi connectivity index (χ0n) is 14.3. The third-order valence-corrected chi connectivity index (χ3v) is 5.46. The first kappa shape index (κ1) is 19.5. The van der Waals surface area contributed by atoms with Gasteiger partial charge >= 0.3 is 5.69 Å². The molecule has 0 spiro atoms. The number of anilines is 1. The van der Waals surface area contributed by atoms with Crippen LogP contribution in [-0.4, -0.2) is 53.1 Å². The fraction of sp³-hybridized carbons (Fsp3) is 0.375. The molecule has 27 heavy (non-hydrogen) atoms. The molecule has 2 aromatic rings. The molecule has 0 amide bonds. The van der Waals surface area contributed by atoms with Crippen LogP contribution in [0.4, 0.5) is 5.82 Å². The Morgan fingerprint density at radius 3 is 2.52 bits per heavy atom. The Balaban J connectivity index is 1.72. The summed E-state index contributed by atoms with van der Waals surface area (Å²) in [5, 5.41) is 20.3. The normalized spacial score (nSPS) is 25.6. The number of aliphatic hydroxyl groups is 2. The van der Waals surface area contributed by atoms with Crippen LogP contribution in [0.25, 0.3) is 0 Å². The van der Waals surface area contributed by atoms with Crippen LogP contribution in [0, 0.1) is 6.92 Å². The number of benzene rings is 1. The summed E-state index contributed by atoms with van der Waals surface area (Å²) in [5.74, 6) is -0.00615. The van der Waals surface area contributed by atoms with Crippen molar-refractivity contribution < 1.29 is 27.6 Å². The molecule has 1 fully saturated rings. The molecule has 1 saturated heterocycles. The minimum absolute atomic E-state index is 0.00615. The van der Waals surface area contributed by atoms with Crippen molar-refractivity contribution in [1.29, 1.82) is 0 Å². The standard InChI is InChI=1S/C16H19N3O7S/c1-9-2-4-10(5-3-9)27(23,24)25-8-11-13(20)14(21)15(26-11)19-7-6-12(17)18-16(19)22/h2-7,11,13-15,20-21H,8H2,1H3,(H2,17,18,22)/t11-,13?,14?,15-/m1/s1. The van der Waals surface area contributed by atoms with E-state index in [0.29, 0.717) is 0 Å². The van der Waals surface area contributed by atoms with Crippen LogP contribution in [0.3, 0.4) is 0 Å². The van der Waals surface area contributed by atoms with Gasteiger partial charge in [0.15, 0.2) is 6.23 Å². The lowest BCUT2D eigenvalue weighted by atomic mass is 10.1. The van der Waals surface area contributed by atoms with E-state index in [1.165, 1.54) is 24.4 Å². The van der Waals surface area contributed by atoms with Gasteiger partial charge in [0.1, 0.15) is 24.1 Å². The molecule has 1 aliphatic rings. The SMILES string of the molecule is Cc1ccc(S(=O)(=O)OC[C@H]2O[C@@H](n3ccc(N)nc3=O)C(O)C2O)cc1. The monoisotopic (exact) mass is 397 g/mol. The number of hydrogen-bond acceptors (Lipinski definition) is 9. The fourth-order valence-electron chi connectivity index (χ4n) is 2.65. The number of aliphatic hydroxyl groups excluding tert-OH is 2. The highest BCUT2D eigenvalue weighted by molar-refractivity contribution is 7.86. The van der Waals surface area contributed by atoms with E-state index in [-0.39, 0.29) is 10.7 Å². The van der Waals surface area contributed by atoms with Crippen LogP contribution in [0.15, 0.2) is 46.2 Å². The molecule has 11 heteroatoms. The molecule has 4 atom stereocenters. The number of aromatic nitrogens is 2. The first-order valence-corrected chi connectivity index (χ1v) is 9.42. The average molecular weight is 397 g/mol. The van der Waals surface area contributed by atoms with Gasteiger partial charge < -0.3 is 20.7 Å². The molecule has 2 unspecified atom stereocenters. The molecule has 1 aromatic heterocycles. The summed E-state index contributed by atoms with van der Waals surface area (Å²) in [6, 6.07) is 7.37. The lowest BCUT2D eigenvalue weighted by Gasteiger charge is -2.16. The minimum atomic E-state index is -4.07. The van der Waals surface area contributed by atoms with Gasteiger partial charge in [0, 0.05) is 6.20 Å². The first-order valence-electron chi connectivity index (χ1n) is 8.01. The highest BCUT2D eigenvalue weighted by atomic mass is 32.2. The van der Waals surface area contributed by atoms with Crippen molar-refractivity contribution in [1.82, 2.24) is 9.55 Å². The van der Waals surface area contributed by atoms with Crippen LogP contribution >= 0.6 is 0 Å². The maximum Gasteiger partial charge on any atom is 0.351 e. The predicted molar refractivity (Wildman–Crippen MR) is 93.1 cm³/mol. The number of nitrogens with two attached hydrogens (primary N) is 1. The van der Waals surface area contributed by atoms with Crippen LogP contribution in [0.2, 0.25) is 0 Å². The molecule has 0 radical (unpaired) electrons. The molecule has 0 saturated carbocycles. The number of hydrogen-bond donors (Lipinski definition) is 3. The predicted octanol–water partition coefficient (Wildman–Crippen LogP) is -0.841. The van der Waals surface area contributed by atoms with E-state index in [1.807, 2.05) is 6.92 Å². The first-order chi connectivity index (χ1) is 12.7. The van der Waals surface area contributed by atoms with E-state index in [0.717, 1.165) is 10.1 Å². The second-order valence-corrected chi connectivity index (χ2v) is 7.76. The summed E-state index contributed by atoms with van der Waals surface area (Å²) in [6.07, 6.45) is -4.11. The summed E-state index contributed by atoms with van der Waals surface area (Å²) in [4.78, 5) is 15.4. The van der Waals surface area contributed by atoms with Crippen molar-refractivity contribution in [3.8, 4) is 0 Å². The van der Waals surface area contributed by atoms with Gasteiger partial charge in [0.2, 0.25) is 0 Å². The van der Waals surface area contributed by atoms with Gasteiger partial charge in [-0.1, -0.05) is 17.7 Å². The van der Waals surface area contributed by atoms with Crippen molar-refractivity contribution in [2.45, 2.75) is 36.4 Å². The maximum atomic E-state index is 12.2. The van der Waals surface area contributed by atoms with Gasteiger partial charge in [-0.25, -0.2) is 4.79 Å². The van der Waals surface area contributed by atoms with Crippen LogP contribution < -0.4 is 11.4 Å². The Labute approximate surface area is 154 Å². The van der Waals surface area contributed by atoms with E-state index in [1.54, 1.807) is 12.1 Å². The zero-order chi connectivity index (χ0) is 19.8. The topological polar surface area (TPSA) is 154 Å². The van der Waals surface area contributed by atoms with Gasteiger partial charge in [0.05, 0.1) is 11.5 Å².